The molecule has 0 radical (unpaired) electrons. The van der Waals surface area contributed by atoms with Crippen LogP contribution in [0.4, 0.5) is 0 Å². The van der Waals surface area contributed by atoms with Crippen molar-refractivity contribution >= 4 is 0 Å². The van der Waals surface area contributed by atoms with Crippen LogP contribution in [0.25, 0.3) is 0 Å². The average Bonchev–Trinajstić information content (AvgIpc) is 2.76. The van der Waals surface area contributed by atoms with Crippen LogP contribution in [0.5, 0.6) is 0 Å². The highest BCUT2D eigenvalue weighted by molar-refractivity contribution is 5.37. The van der Waals surface area contributed by atoms with E-state index in [9.17, 15) is 0 Å². The molecule has 0 bridgehead atoms. The molecule has 1 N–H and O–H groups in total. The van der Waals surface area contributed by atoms with Crippen LogP contribution in [0, 0.1) is 0 Å². The number of hydrogen-bond donors (Lipinski definition) is 1. The molecule has 0 heterocycles. The molecule has 0 saturated carbocycles. The van der Waals surface area contributed by atoms with E-state index in [0.717, 1.165) is 13.1 Å². The minimum Gasteiger partial charge on any atom is -0.309 e. The number of rotatable bonds is 6. The van der Waals surface area contributed by atoms with Gasteiger partial charge in [-0.25, -0.2) is 0 Å². The fourth-order valence-electron chi connectivity index (χ4n) is 3.23. The Morgan fingerprint density at radius 3 is 2.67 bits per heavy atom. The van der Waals surface area contributed by atoms with Crippen molar-refractivity contribution in [1.29, 1.82) is 0 Å². The smallest absolute Gasteiger partial charge is 0.0484 e. The highest BCUT2D eigenvalue weighted by Gasteiger charge is 2.34. The lowest BCUT2D eigenvalue weighted by molar-refractivity contribution is 0.175. The van der Waals surface area contributed by atoms with E-state index in [1.165, 1.54) is 30.5 Å². The molecule has 0 spiro atoms. The van der Waals surface area contributed by atoms with Gasteiger partial charge in [-0.05, 0) is 43.6 Å². The molecule has 2 atom stereocenters. The van der Waals surface area contributed by atoms with Crippen LogP contribution in [-0.2, 0) is 6.42 Å². The number of fused-ring (bicyclic) bond motifs is 1. The quantitative estimate of drug-likeness (QED) is 0.830. The maximum Gasteiger partial charge on any atom is 0.0484 e. The van der Waals surface area contributed by atoms with Crippen molar-refractivity contribution < 1.29 is 0 Å². The van der Waals surface area contributed by atoms with E-state index in [2.05, 4.69) is 55.3 Å². The average molecular weight is 246 g/mol. The molecule has 1 aliphatic carbocycles. The van der Waals surface area contributed by atoms with Gasteiger partial charge in [-0.1, -0.05) is 45.0 Å². The Kier molecular flexibility index (Phi) is 4.79. The third-order valence-electron chi connectivity index (χ3n) is 4.01. The molecule has 2 nitrogen and oxygen atoms in total. The van der Waals surface area contributed by atoms with Gasteiger partial charge < -0.3 is 5.32 Å². The van der Waals surface area contributed by atoms with Crippen LogP contribution in [0.3, 0.4) is 0 Å². The molecule has 2 rings (SSSR count). The summed E-state index contributed by atoms with van der Waals surface area (Å²) in [4.78, 5) is 2.63. The zero-order valence-corrected chi connectivity index (χ0v) is 11.9. The van der Waals surface area contributed by atoms with Crippen LogP contribution in [-0.4, -0.2) is 30.6 Å². The molecule has 18 heavy (non-hydrogen) atoms. The second-order valence-electron chi connectivity index (χ2n) is 5.13. The summed E-state index contributed by atoms with van der Waals surface area (Å²) in [5, 5.41) is 3.68. The lowest BCUT2D eigenvalue weighted by Crippen LogP contribution is -2.43. The van der Waals surface area contributed by atoms with Crippen molar-refractivity contribution in [3.8, 4) is 0 Å². The molecule has 0 amide bonds. The van der Waals surface area contributed by atoms with E-state index >= 15 is 0 Å². The number of nitrogens with one attached hydrogen (secondary N) is 1. The lowest BCUT2D eigenvalue weighted by atomic mass is 10.1. The van der Waals surface area contributed by atoms with Crippen molar-refractivity contribution in [1.82, 2.24) is 10.2 Å². The second kappa shape index (κ2) is 6.35. The minimum absolute atomic E-state index is 0.512. The molecule has 2 unspecified atom stereocenters. The largest absolute Gasteiger partial charge is 0.309 e. The summed E-state index contributed by atoms with van der Waals surface area (Å²) in [6.45, 7) is 10.1. The molecule has 1 aliphatic rings. The van der Waals surface area contributed by atoms with Gasteiger partial charge in [0.25, 0.3) is 0 Å². The highest BCUT2D eigenvalue weighted by atomic mass is 15.2. The summed E-state index contributed by atoms with van der Waals surface area (Å²) in [7, 11) is 0. The molecule has 0 saturated heterocycles. The van der Waals surface area contributed by atoms with Crippen LogP contribution in [0.15, 0.2) is 24.3 Å². The van der Waals surface area contributed by atoms with Gasteiger partial charge in [-0.3, -0.25) is 4.90 Å². The Bertz CT molecular complexity index is 375. The molecule has 1 aromatic rings. The van der Waals surface area contributed by atoms with E-state index < -0.39 is 0 Å². The fraction of sp³-hybridized carbons (Fsp3) is 0.625. The normalized spacial score (nSPS) is 22.4. The third-order valence-corrected chi connectivity index (χ3v) is 4.01. The molecule has 0 aromatic heterocycles. The lowest BCUT2D eigenvalue weighted by Gasteiger charge is -2.32. The van der Waals surface area contributed by atoms with Crippen molar-refractivity contribution in [3.63, 3.8) is 0 Å². The summed E-state index contributed by atoms with van der Waals surface area (Å²) in [6.07, 6.45) is 2.43. The summed E-state index contributed by atoms with van der Waals surface area (Å²) < 4.78 is 0. The maximum atomic E-state index is 3.68. The van der Waals surface area contributed by atoms with Gasteiger partial charge in [-0.2, -0.15) is 0 Å². The number of benzene rings is 1. The Balaban J connectivity index is 2.22. The maximum absolute atomic E-state index is 3.68. The molecule has 1 aromatic carbocycles. The monoisotopic (exact) mass is 246 g/mol. The second-order valence-corrected chi connectivity index (χ2v) is 5.13. The summed E-state index contributed by atoms with van der Waals surface area (Å²) in [5.41, 5.74) is 3.04. The topological polar surface area (TPSA) is 15.3 Å². The molecule has 0 aliphatic heterocycles. The molecule has 100 valence electrons. The van der Waals surface area contributed by atoms with Gasteiger partial charge in [0, 0.05) is 12.1 Å². The van der Waals surface area contributed by atoms with Crippen molar-refractivity contribution in [2.45, 2.75) is 45.7 Å². The Morgan fingerprint density at radius 1 is 1.22 bits per heavy atom. The standard InChI is InChI=1S/C16H26N2/c1-4-11-18(6-3)15-12-13-9-7-8-10-14(13)16(15)17-5-2/h7-10,15-17H,4-6,11-12H2,1-3H3. The van der Waals surface area contributed by atoms with E-state index in [1.54, 1.807) is 0 Å². The summed E-state index contributed by atoms with van der Waals surface area (Å²) in [5.74, 6) is 0. The van der Waals surface area contributed by atoms with E-state index in [0.29, 0.717) is 12.1 Å². The third kappa shape index (κ3) is 2.60. The van der Waals surface area contributed by atoms with E-state index in [4.69, 9.17) is 0 Å². The van der Waals surface area contributed by atoms with Crippen molar-refractivity contribution in [2.24, 2.45) is 0 Å². The first-order valence-corrected chi connectivity index (χ1v) is 7.37. The summed E-state index contributed by atoms with van der Waals surface area (Å²) in [6, 6.07) is 10.1. The minimum atomic E-state index is 0.512. The molecular formula is C16H26N2. The van der Waals surface area contributed by atoms with Crippen LogP contribution >= 0.6 is 0 Å². The van der Waals surface area contributed by atoms with Crippen molar-refractivity contribution in [3.05, 3.63) is 35.4 Å². The first-order valence-electron chi connectivity index (χ1n) is 7.37. The predicted molar refractivity (Wildman–Crippen MR) is 77.9 cm³/mol. The number of hydrogen-bond acceptors (Lipinski definition) is 2. The van der Waals surface area contributed by atoms with Crippen LogP contribution in [0.1, 0.15) is 44.4 Å². The Labute approximate surface area is 111 Å². The van der Waals surface area contributed by atoms with Gasteiger partial charge in [0.15, 0.2) is 0 Å². The Morgan fingerprint density at radius 2 is 2.00 bits per heavy atom. The van der Waals surface area contributed by atoms with Gasteiger partial charge >= 0.3 is 0 Å². The van der Waals surface area contributed by atoms with Gasteiger partial charge in [0.05, 0.1) is 0 Å². The first kappa shape index (κ1) is 13.6. The van der Waals surface area contributed by atoms with E-state index in [-0.39, 0.29) is 0 Å². The SMILES string of the molecule is CCCN(CC)C1Cc2ccccc2C1NCC. The molecule has 0 fully saturated rings. The zero-order valence-electron chi connectivity index (χ0n) is 11.9. The highest BCUT2D eigenvalue weighted by Crippen LogP contribution is 2.34. The van der Waals surface area contributed by atoms with Gasteiger partial charge in [0.2, 0.25) is 0 Å². The first-order chi connectivity index (χ1) is 8.81. The van der Waals surface area contributed by atoms with Crippen LogP contribution in [0.2, 0.25) is 0 Å². The molecule has 2 heteroatoms. The van der Waals surface area contributed by atoms with Crippen LogP contribution < -0.4 is 5.32 Å². The zero-order chi connectivity index (χ0) is 13.0. The molecular weight excluding hydrogens is 220 g/mol. The number of nitrogens with zero attached hydrogens (tertiary/aromatic N) is 1. The Hall–Kier alpha value is -0.860. The van der Waals surface area contributed by atoms with Crippen molar-refractivity contribution in [2.75, 3.05) is 19.6 Å². The fourth-order valence-corrected chi connectivity index (χ4v) is 3.23. The van der Waals surface area contributed by atoms with E-state index in [1.807, 2.05) is 0 Å². The summed E-state index contributed by atoms with van der Waals surface area (Å²) >= 11 is 0. The predicted octanol–water partition coefficient (Wildman–Crippen LogP) is 2.99. The number of likely N-dealkylation sites (N-methyl/N-ethyl adjacent to an activating group) is 2. The van der Waals surface area contributed by atoms with Gasteiger partial charge in [0.1, 0.15) is 0 Å². The van der Waals surface area contributed by atoms with Gasteiger partial charge in [-0.15, -0.1) is 0 Å².